The van der Waals surface area contributed by atoms with Gasteiger partial charge < -0.3 is 0 Å². The van der Waals surface area contributed by atoms with E-state index in [-0.39, 0.29) is 5.91 Å². The lowest BCUT2D eigenvalue weighted by atomic mass is 10.0. The van der Waals surface area contributed by atoms with Gasteiger partial charge >= 0.3 is 0 Å². The van der Waals surface area contributed by atoms with Crippen LogP contribution in [0.3, 0.4) is 0 Å². The number of pyridine rings is 1. The minimum atomic E-state index is -0.0419. The number of hydrogen-bond acceptors (Lipinski definition) is 4. The van der Waals surface area contributed by atoms with Crippen LogP contribution < -0.4 is 0 Å². The first-order chi connectivity index (χ1) is 12.2. The molecule has 0 saturated carbocycles. The summed E-state index contributed by atoms with van der Waals surface area (Å²) >= 11 is 6.78. The lowest BCUT2D eigenvalue weighted by molar-refractivity contribution is -0.122. The van der Waals surface area contributed by atoms with E-state index in [9.17, 15) is 4.79 Å². The highest BCUT2D eigenvalue weighted by atomic mass is 32.2. The van der Waals surface area contributed by atoms with Gasteiger partial charge in [-0.2, -0.15) is 0 Å². The van der Waals surface area contributed by atoms with E-state index in [1.165, 1.54) is 11.8 Å². The van der Waals surface area contributed by atoms with Crippen LogP contribution in [0.5, 0.6) is 0 Å². The molecule has 0 spiro atoms. The minimum Gasteiger partial charge on any atom is -0.288 e. The minimum absolute atomic E-state index is 0.0419. The normalized spacial score (nSPS) is 16.2. The fraction of sp³-hybridized carbons (Fsp3) is 0.0500. The van der Waals surface area contributed by atoms with Crippen molar-refractivity contribution in [2.24, 2.45) is 0 Å². The molecule has 1 aromatic heterocycles. The second-order valence-corrected chi connectivity index (χ2v) is 7.37. The molecule has 4 rings (SSSR count). The Morgan fingerprint density at radius 1 is 1.04 bits per heavy atom. The Labute approximate surface area is 155 Å². The molecule has 0 unspecified atom stereocenters. The summed E-state index contributed by atoms with van der Waals surface area (Å²) in [6.07, 6.45) is 5.38. The molecule has 1 fully saturated rings. The standard InChI is InChI=1S/C20H14N2OS2/c23-19-18(12-16-6-3-5-15-4-1-2-7-17(15)16)25-20(24)22(19)13-14-8-10-21-11-9-14/h1-12H,13H2/b18-12-. The van der Waals surface area contributed by atoms with Crippen LogP contribution in [0.1, 0.15) is 11.1 Å². The second kappa shape index (κ2) is 6.78. The van der Waals surface area contributed by atoms with Gasteiger partial charge in [-0.15, -0.1) is 0 Å². The van der Waals surface area contributed by atoms with Gasteiger partial charge in [0.25, 0.3) is 5.91 Å². The predicted octanol–water partition coefficient (Wildman–Crippen LogP) is 4.64. The molecule has 0 aliphatic carbocycles. The van der Waals surface area contributed by atoms with Crippen molar-refractivity contribution in [2.45, 2.75) is 6.54 Å². The molecule has 0 radical (unpaired) electrons. The molecular formula is C20H14N2OS2. The number of carbonyl (C=O) groups excluding carboxylic acids is 1. The maximum Gasteiger partial charge on any atom is 0.266 e. The summed E-state index contributed by atoms with van der Waals surface area (Å²) in [5, 5.41) is 2.29. The summed E-state index contributed by atoms with van der Waals surface area (Å²) in [5.41, 5.74) is 2.04. The maximum atomic E-state index is 12.8. The van der Waals surface area contributed by atoms with Crippen LogP contribution in [0.15, 0.2) is 71.9 Å². The van der Waals surface area contributed by atoms with E-state index < -0.39 is 0 Å². The van der Waals surface area contributed by atoms with E-state index in [0.29, 0.717) is 15.8 Å². The zero-order valence-corrected chi connectivity index (χ0v) is 14.9. The van der Waals surface area contributed by atoms with E-state index in [1.54, 1.807) is 17.3 Å². The number of benzene rings is 2. The smallest absolute Gasteiger partial charge is 0.266 e. The van der Waals surface area contributed by atoms with Crippen LogP contribution in [0.4, 0.5) is 0 Å². The molecule has 25 heavy (non-hydrogen) atoms. The van der Waals surface area contributed by atoms with Gasteiger partial charge in [0.05, 0.1) is 11.4 Å². The monoisotopic (exact) mass is 362 g/mol. The number of carbonyl (C=O) groups is 1. The first kappa shape index (κ1) is 16.0. The zero-order chi connectivity index (χ0) is 17.2. The molecule has 3 aromatic rings. The quantitative estimate of drug-likeness (QED) is 0.502. The van der Waals surface area contributed by atoms with Gasteiger partial charge in [0.15, 0.2) is 0 Å². The number of thioether (sulfide) groups is 1. The summed E-state index contributed by atoms with van der Waals surface area (Å²) < 4.78 is 0.591. The van der Waals surface area contributed by atoms with Gasteiger partial charge in [0.2, 0.25) is 0 Å². The second-order valence-electron chi connectivity index (χ2n) is 5.69. The number of amides is 1. The molecule has 3 nitrogen and oxygen atoms in total. The molecule has 1 amide bonds. The lowest BCUT2D eigenvalue weighted by Gasteiger charge is -2.14. The molecule has 1 saturated heterocycles. The summed E-state index contributed by atoms with van der Waals surface area (Å²) in [6.45, 7) is 0.472. The number of nitrogens with zero attached hydrogens (tertiary/aromatic N) is 2. The van der Waals surface area contributed by atoms with Crippen LogP contribution in [-0.4, -0.2) is 20.1 Å². The van der Waals surface area contributed by atoms with E-state index in [1.807, 2.05) is 42.5 Å². The van der Waals surface area contributed by atoms with Crippen molar-refractivity contribution in [3.8, 4) is 0 Å². The molecule has 1 aliphatic heterocycles. The van der Waals surface area contributed by atoms with E-state index in [0.717, 1.165) is 21.9 Å². The van der Waals surface area contributed by atoms with E-state index in [2.05, 4.69) is 23.2 Å². The van der Waals surface area contributed by atoms with Crippen LogP contribution in [0, 0.1) is 0 Å². The molecule has 122 valence electrons. The Morgan fingerprint density at radius 3 is 2.64 bits per heavy atom. The number of hydrogen-bond donors (Lipinski definition) is 0. The lowest BCUT2D eigenvalue weighted by Crippen LogP contribution is -2.27. The number of rotatable bonds is 3. The third-order valence-electron chi connectivity index (χ3n) is 4.07. The molecule has 5 heteroatoms. The molecule has 0 atom stereocenters. The topological polar surface area (TPSA) is 33.2 Å². The van der Waals surface area contributed by atoms with Crippen molar-refractivity contribution in [1.29, 1.82) is 0 Å². The number of fused-ring (bicyclic) bond motifs is 1. The molecular weight excluding hydrogens is 348 g/mol. The number of thiocarbonyl (C=S) groups is 1. The van der Waals surface area contributed by atoms with Gasteiger partial charge in [-0.05, 0) is 40.1 Å². The highest BCUT2D eigenvalue weighted by molar-refractivity contribution is 8.26. The van der Waals surface area contributed by atoms with Gasteiger partial charge in [0.1, 0.15) is 4.32 Å². The van der Waals surface area contributed by atoms with Crippen LogP contribution >= 0.6 is 24.0 Å². The fourth-order valence-corrected chi connectivity index (χ4v) is 4.07. The Hall–Kier alpha value is -2.50. The summed E-state index contributed by atoms with van der Waals surface area (Å²) in [4.78, 5) is 19.1. The van der Waals surface area contributed by atoms with Crippen LogP contribution in [0.25, 0.3) is 16.8 Å². The summed E-state index contributed by atoms with van der Waals surface area (Å²) in [6, 6.07) is 18.1. The Bertz CT molecular complexity index is 994. The highest BCUT2D eigenvalue weighted by Gasteiger charge is 2.32. The molecule has 0 bridgehead atoms. The molecule has 1 aliphatic rings. The molecule has 2 heterocycles. The average molecular weight is 362 g/mol. The van der Waals surface area contributed by atoms with Gasteiger partial charge in [-0.3, -0.25) is 14.7 Å². The Kier molecular flexibility index (Phi) is 4.34. The predicted molar refractivity (Wildman–Crippen MR) is 107 cm³/mol. The summed E-state index contributed by atoms with van der Waals surface area (Å²) in [7, 11) is 0. The third kappa shape index (κ3) is 3.21. The zero-order valence-electron chi connectivity index (χ0n) is 13.3. The van der Waals surface area contributed by atoms with Crippen LogP contribution in [-0.2, 0) is 11.3 Å². The number of aromatic nitrogens is 1. The fourth-order valence-electron chi connectivity index (χ4n) is 2.82. The molecule has 0 N–H and O–H groups in total. The van der Waals surface area contributed by atoms with Crippen molar-refractivity contribution in [1.82, 2.24) is 9.88 Å². The SMILES string of the molecule is O=C1/C(=C/c2cccc3ccccc23)SC(=S)N1Cc1ccncc1. The Morgan fingerprint density at radius 2 is 1.80 bits per heavy atom. The largest absolute Gasteiger partial charge is 0.288 e. The molecule has 2 aromatic carbocycles. The summed E-state index contributed by atoms with van der Waals surface area (Å²) in [5.74, 6) is -0.0419. The first-order valence-corrected chi connectivity index (χ1v) is 9.07. The van der Waals surface area contributed by atoms with Crippen molar-refractivity contribution in [2.75, 3.05) is 0 Å². The van der Waals surface area contributed by atoms with Gasteiger partial charge in [-0.25, -0.2) is 0 Å². The van der Waals surface area contributed by atoms with Gasteiger partial charge in [0, 0.05) is 12.4 Å². The van der Waals surface area contributed by atoms with Crippen molar-refractivity contribution in [3.63, 3.8) is 0 Å². The van der Waals surface area contributed by atoms with E-state index >= 15 is 0 Å². The van der Waals surface area contributed by atoms with Crippen LogP contribution in [0.2, 0.25) is 0 Å². The maximum absolute atomic E-state index is 12.8. The third-order valence-corrected chi connectivity index (χ3v) is 5.45. The van der Waals surface area contributed by atoms with Crippen molar-refractivity contribution < 1.29 is 4.79 Å². The highest BCUT2D eigenvalue weighted by Crippen LogP contribution is 2.34. The first-order valence-electron chi connectivity index (χ1n) is 7.84. The van der Waals surface area contributed by atoms with Gasteiger partial charge in [-0.1, -0.05) is 66.4 Å². The average Bonchev–Trinajstić information content (AvgIpc) is 2.90. The van der Waals surface area contributed by atoms with Crippen molar-refractivity contribution >= 4 is 51.1 Å². The van der Waals surface area contributed by atoms with Crippen molar-refractivity contribution in [3.05, 3.63) is 83.0 Å². The van der Waals surface area contributed by atoms with E-state index in [4.69, 9.17) is 12.2 Å². The Balaban J connectivity index is 1.66.